The van der Waals surface area contributed by atoms with E-state index in [9.17, 15) is 26.7 Å². The molecule has 102 valence electrons. The van der Waals surface area contributed by atoms with Gasteiger partial charge in [0, 0.05) is 13.1 Å². The van der Waals surface area contributed by atoms with Crippen LogP contribution in [0, 0.1) is 5.92 Å². The van der Waals surface area contributed by atoms with Gasteiger partial charge in [0.15, 0.2) is 0 Å². The minimum Gasteiger partial charge on any atom is -0.338 e. The van der Waals surface area contributed by atoms with Gasteiger partial charge in [-0.1, -0.05) is 13.8 Å². The highest BCUT2D eigenvalue weighted by Crippen LogP contribution is 2.37. The number of rotatable bonds is 4. The van der Waals surface area contributed by atoms with Gasteiger partial charge in [-0.05, 0) is 19.3 Å². The standard InChI is InChI=1S/C10H16F5NO/c1-6(2)5-7(3)16(4)8(17)9(11,12)10(13,14)15/h6-7H,5H2,1-4H3. The third-order valence-electron chi connectivity index (χ3n) is 2.42. The highest BCUT2D eigenvalue weighted by molar-refractivity contribution is 5.84. The Hall–Kier alpha value is -0.880. The van der Waals surface area contributed by atoms with Crippen molar-refractivity contribution in [3.63, 3.8) is 0 Å². The second-order valence-corrected chi connectivity index (χ2v) is 4.47. The first-order chi connectivity index (χ1) is 7.41. The molecule has 0 rings (SSSR count). The SMILES string of the molecule is CC(C)CC(C)N(C)C(=O)C(F)(F)C(F)(F)F. The molecule has 0 saturated heterocycles. The van der Waals surface area contributed by atoms with E-state index >= 15 is 0 Å². The molecule has 0 bridgehead atoms. The summed E-state index contributed by atoms with van der Waals surface area (Å²) in [5.41, 5.74) is 0. The van der Waals surface area contributed by atoms with Crippen LogP contribution >= 0.6 is 0 Å². The van der Waals surface area contributed by atoms with Gasteiger partial charge in [-0.3, -0.25) is 4.79 Å². The predicted molar refractivity (Wildman–Crippen MR) is 52.7 cm³/mol. The summed E-state index contributed by atoms with van der Waals surface area (Å²) in [5, 5.41) is 0. The maximum atomic E-state index is 12.8. The van der Waals surface area contributed by atoms with Crippen molar-refractivity contribution in [2.75, 3.05) is 7.05 Å². The maximum Gasteiger partial charge on any atom is 0.463 e. The van der Waals surface area contributed by atoms with Gasteiger partial charge in [-0.25, -0.2) is 0 Å². The van der Waals surface area contributed by atoms with E-state index in [1.807, 2.05) is 0 Å². The third-order valence-corrected chi connectivity index (χ3v) is 2.42. The van der Waals surface area contributed by atoms with Crippen LogP contribution in [0.1, 0.15) is 27.2 Å². The molecule has 0 aliphatic heterocycles. The Kier molecular flexibility index (Phi) is 4.91. The molecule has 7 heteroatoms. The van der Waals surface area contributed by atoms with Crippen LogP contribution in [0.5, 0.6) is 0 Å². The fourth-order valence-electron chi connectivity index (χ4n) is 1.38. The average Bonchev–Trinajstić information content (AvgIpc) is 2.12. The van der Waals surface area contributed by atoms with Gasteiger partial charge < -0.3 is 4.90 Å². The summed E-state index contributed by atoms with van der Waals surface area (Å²) in [6.07, 6.45) is -5.49. The van der Waals surface area contributed by atoms with E-state index in [-0.39, 0.29) is 5.92 Å². The lowest BCUT2D eigenvalue weighted by Gasteiger charge is -2.30. The molecule has 1 atom stereocenters. The van der Waals surface area contributed by atoms with Gasteiger partial charge in [0.2, 0.25) is 0 Å². The van der Waals surface area contributed by atoms with Crippen molar-refractivity contribution >= 4 is 5.91 Å². The zero-order chi connectivity index (χ0) is 14.0. The average molecular weight is 261 g/mol. The van der Waals surface area contributed by atoms with Crippen LogP contribution in [0.3, 0.4) is 0 Å². The number of amides is 1. The fourth-order valence-corrected chi connectivity index (χ4v) is 1.38. The summed E-state index contributed by atoms with van der Waals surface area (Å²) in [6.45, 7) is 5.01. The van der Waals surface area contributed by atoms with Crippen molar-refractivity contribution in [1.82, 2.24) is 4.90 Å². The number of carbonyl (C=O) groups excluding carboxylic acids is 1. The van der Waals surface area contributed by atoms with Crippen molar-refractivity contribution in [3.8, 4) is 0 Å². The van der Waals surface area contributed by atoms with Crippen LogP contribution in [0.15, 0.2) is 0 Å². The molecule has 0 radical (unpaired) electrons. The Morgan fingerprint density at radius 1 is 1.12 bits per heavy atom. The van der Waals surface area contributed by atoms with Crippen molar-refractivity contribution in [3.05, 3.63) is 0 Å². The van der Waals surface area contributed by atoms with Gasteiger partial charge in [-0.15, -0.1) is 0 Å². The molecule has 1 unspecified atom stereocenters. The second-order valence-electron chi connectivity index (χ2n) is 4.47. The number of hydrogen-bond acceptors (Lipinski definition) is 1. The minimum absolute atomic E-state index is 0.0970. The molecular formula is C10H16F5NO. The van der Waals surface area contributed by atoms with Crippen LogP contribution < -0.4 is 0 Å². The molecule has 17 heavy (non-hydrogen) atoms. The summed E-state index contributed by atoms with van der Waals surface area (Å²) >= 11 is 0. The first kappa shape index (κ1) is 16.1. The highest BCUT2D eigenvalue weighted by Gasteiger charge is 2.64. The molecule has 0 aliphatic rings. The Morgan fingerprint density at radius 3 is 1.82 bits per heavy atom. The molecule has 0 saturated carbocycles. The summed E-state index contributed by atoms with van der Waals surface area (Å²) < 4.78 is 61.4. The van der Waals surface area contributed by atoms with E-state index in [4.69, 9.17) is 0 Å². The van der Waals surface area contributed by atoms with E-state index < -0.39 is 24.0 Å². The molecular weight excluding hydrogens is 245 g/mol. The smallest absolute Gasteiger partial charge is 0.338 e. The van der Waals surface area contributed by atoms with Gasteiger partial charge in [0.05, 0.1) is 0 Å². The topological polar surface area (TPSA) is 20.3 Å². The van der Waals surface area contributed by atoms with Crippen molar-refractivity contribution in [2.24, 2.45) is 5.92 Å². The third kappa shape index (κ3) is 3.81. The monoisotopic (exact) mass is 261 g/mol. The van der Waals surface area contributed by atoms with Crippen LogP contribution in [-0.2, 0) is 4.79 Å². The number of halogens is 5. The van der Waals surface area contributed by atoms with Gasteiger partial charge in [0.1, 0.15) is 0 Å². The molecule has 2 nitrogen and oxygen atoms in total. The lowest BCUT2D eigenvalue weighted by atomic mass is 10.0. The maximum absolute atomic E-state index is 12.8. The second kappa shape index (κ2) is 5.18. The van der Waals surface area contributed by atoms with Crippen molar-refractivity contribution in [1.29, 1.82) is 0 Å². The predicted octanol–water partition coefficient (Wildman–Crippen LogP) is 3.08. The van der Waals surface area contributed by atoms with Gasteiger partial charge in [-0.2, -0.15) is 22.0 Å². The summed E-state index contributed by atoms with van der Waals surface area (Å²) in [7, 11) is 0.953. The summed E-state index contributed by atoms with van der Waals surface area (Å²) in [4.78, 5) is 11.5. The molecule has 0 spiro atoms. The molecule has 0 aromatic carbocycles. The van der Waals surface area contributed by atoms with Gasteiger partial charge in [0.25, 0.3) is 0 Å². The number of alkyl halides is 5. The number of carbonyl (C=O) groups is 1. The van der Waals surface area contributed by atoms with Crippen LogP contribution in [0.25, 0.3) is 0 Å². The van der Waals surface area contributed by atoms with E-state index in [0.29, 0.717) is 11.3 Å². The zero-order valence-electron chi connectivity index (χ0n) is 10.1. The van der Waals surface area contributed by atoms with E-state index in [0.717, 1.165) is 7.05 Å². The minimum atomic E-state index is -5.85. The molecule has 0 fully saturated rings. The molecule has 1 amide bonds. The first-order valence-electron chi connectivity index (χ1n) is 5.13. The fraction of sp³-hybridized carbons (Fsp3) is 0.900. The first-order valence-corrected chi connectivity index (χ1v) is 5.13. The Bertz CT molecular complexity index is 274. The van der Waals surface area contributed by atoms with Crippen molar-refractivity contribution < 1.29 is 26.7 Å². The van der Waals surface area contributed by atoms with E-state index in [2.05, 4.69) is 0 Å². The Labute approximate surface area is 96.8 Å². The summed E-state index contributed by atoms with van der Waals surface area (Å²) in [6, 6.07) is -0.671. The quantitative estimate of drug-likeness (QED) is 0.712. The lowest BCUT2D eigenvalue weighted by Crippen LogP contribution is -2.53. The van der Waals surface area contributed by atoms with Crippen LogP contribution in [-0.4, -0.2) is 36.0 Å². The van der Waals surface area contributed by atoms with Crippen LogP contribution in [0.4, 0.5) is 22.0 Å². The molecule has 0 aromatic heterocycles. The normalized spacial score (nSPS) is 14.9. The van der Waals surface area contributed by atoms with Crippen molar-refractivity contribution in [2.45, 2.75) is 45.3 Å². The Morgan fingerprint density at radius 2 is 1.53 bits per heavy atom. The number of hydrogen-bond donors (Lipinski definition) is 0. The molecule has 0 aliphatic carbocycles. The largest absolute Gasteiger partial charge is 0.463 e. The molecule has 0 heterocycles. The van der Waals surface area contributed by atoms with Crippen LogP contribution in [0.2, 0.25) is 0 Å². The number of nitrogens with zero attached hydrogens (tertiary/aromatic N) is 1. The molecule has 0 N–H and O–H groups in total. The lowest BCUT2D eigenvalue weighted by molar-refractivity contribution is -0.274. The van der Waals surface area contributed by atoms with E-state index in [1.54, 1.807) is 13.8 Å². The van der Waals surface area contributed by atoms with E-state index in [1.165, 1.54) is 6.92 Å². The molecule has 0 aromatic rings. The van der Waals surface area contributed by atoms with Gasteiger partial charge >= 0.3 is 18.0 Å². The zero-order valence-corrected chi connectivity index (χ0v) is 10.1. The highest BCUT2D eigenvalue weighted by atomic mass is 19.4. The summed E-state index contributed by atoms with van der Waals surface area (Å²) in [5.74, 6) is -7.44. The Balaban J connectivity index is 4.82.